The van der Waals surface area contributed by atoms with Gasteiger partial charge in [0.25, 0.3) is 5.69 Å². The summed E-state index contributed by atoms with van der Waals surface area (Å²) in [5.41, 5.74) is 0.152. The molecule has 0 aliphatic carbocycles. The molecule has 29 heavy (non-hydrogen) atoms. The van der Waals surface area contributed by atoms with Crippen molar-refractivity contribution in [1.29, 1.82) is 0 Å². The summed E-state index contributed by atoms with van der Waals surface area (Å²) >= 11 is 0. The smallest absolute Gasteiger partial charge is 0.410 e. The third-order valence-electron chi connectivity index (χ3n) is 4.56. The molecule has 1 aliphatic rings. The van der Waals surface area contributed by atoms with E-state index in [2.05, 4.69) is 6.58 Å². The predicted molar refractivity (Wildman–Crippen MR) is 107 cm³/mol. The minimum Gasteiger partial charge on any atom is -0.459 e. The Morgan fingerprint density at radius 2 is 1.97 bits per heavy atom. The monoisotopic (exact) mass is 404 g/mol. The second-order valence-corrected chi connectivity index (χ2v) is 8.25. The zero-order chi connectivity index (χ0) is 21.8. The molecular weight excluding hydrogens is 376 g/mol. The molecule has 0 aromatic heterocycles. The number of amides is 1. The van der Waals surface area contributed by atoms with Crippen LogP contribution in [-0.4, -0.2) is 46.2 Å². The first-order valence-corrected chi connectivity index (χ1v) is 9.56. The maximum Gasteiger partial charge on any atom is 0.410 e. The highest BCUT2D eigenvalue weighted by Crippen LogP contribution is 2.28. The normalized spacial score (nSPS) is 19.4. The molecule has 8 nitrogen and oxygen atoms in total. The molecule has 1 saturated heterocycles. The summed E-state index contributed by atoms with van der Waals surface area (Å²) in [4.78, 5) is 37.1. The highest BCUT2D eigenvalue weighted by atomic mass is 16.6. The minimum atomic E-state index is -0.663. The fraction of sp³-hybridized carbons (Fsp3) is 0.524. The van der Waals surface area contributed by atoms with Crippen molar-refractivity contribution in [1.82, 2.24) is 4.90 Å². The lowest BCUT2D eigenvalue weighted by Gasteiger charge is -2.39. The molecule has 1 fully saturated rings. The van der Waals surface area contributed by atoms with Crippen molar-refractivity contribution < 1.29 is 24.0 Å². The molecule has 1 aromatic carbocycles. The van der Waals surface area contributed by atoms with Crippen molar-refractivity contribution in [2.24, 2.45) is 0 Å². The van der Waals surface area contributed by atoms with Crippen LogP contribution in [0.15, 0.2) is 36.4 Å². The highest BCUT2D eigenvalue weighted by Gasteiger charge is 2.36. The van der Waals surface area contributed by atoms with E-state index in [9.17, 15) is 19.7 Å². The third-order valence-corrected chi connectivity index (χ3v) is 4.56. The number of nitro benzene ring substituents is 1. The quantitative estimate of drug-likeness (QED) is 0.318. The van der Waals surface area contributed by atoms with Crippen LogP contribution in [0.1, 0.15) is 46.1 Å². The van der Waals surface area contributed by atoms with E-state index in [4.69, 9.17) is 9.47 Å². The Bertz CT molecular complexity index is 799. The molecule has 8 heteroatoms. The Labute approximate surface area is 170 Å². The number of esters is 1. The van der Waals surface area contributed by atoms with Gasteiger partial charge in [-0.3, -0.25) is 10.1 Å². The number of carbonyl (C=O) groups excluding carboxylic acids is 2. The molecule has 1 amide bonds. The van der Waals surface area contributed by atoms with Crippen LogP contribution in [0.5, 0.6) is 0 Å². The van der Waals surface area contributed by atoms with E-state index < -0.39 is 34.7 Å². The van der Waals surface area contributed by atoms with Gasteiger partial charge in [0.2, 0.25) is 0 Å². The van der Waals surface area contributed by atoms with E-state index >= 15 is 0 Å². The largest absolute Gasteiger partial charge is 0.459 e. The summed E-state index contributed by atoms with van der Waals surface area (Å²) in [5.74, 6) is -0.481. The zero-order valence-electron chi connectivity index (χ0n) is 17.3. The van der Waals surface area contributed by atoms with Crippen LogP contribution in [0.4, 0.5) is 10.5 Å². The Morgan fingerprint density at radius 1 is 1.31 bits per heavy atom. The zero-order valence-corrected chi connectivity index (χ0v) is 17.3. The van der Waals surface area contributed by atoms with Gasteiger partial charge in [0.1, 0.15) is 11.7 Å². The number of hydrogen-bond acceptors (Lipinski definition) is 6. The molecule has 2 unspecified atom stereocenters. The van der Waals surface area contributed by atoms with Crippen LogP contribution in [0, 0.1) is 10.1 Å². The number of nitro groups is 1. The van der Waals surface area contributed by atoms with Gasteiger partial charge in [0.15, 0.2) is 0 Å². The molecule has 1 heterocycles. The van der Waals surface area contributed by atoms with Crippen molar-refractivity contribution in [2.45, 2.75) is 64.7 Å². The van der Waals surface area contributed by atoms with E-state index in [0.29, 0.717) is 30.5 Å². The minimum absolute atomic E-state index is 0.00214. The average Bonchev–Trinajstić information content (AvgIpc) is 2.60. The fourth-order valence-electron chi connectivity index (χ4n) is 3.24. The van der Waals surface area contributed by atoms with Gasteiger partial charge in [-0.1, -0.05) is 24.8 Å². The first-order valence-electron chi connectivity index (χ1n) is 9.56. The highest BCUT2D eigenvalue weighted by molar-refractivity contribution is 5.87. The van der Waals surface area contributed by atoms with Crippen molar-refractivity contribution in [3.63, 3.8) is 0 Å². The molecular formula is C21H28N2O6. The topological polar surface area (TPSA) is 99.0 Å². The van der Waals surface area contributed by atoms with Gasteiger partial charge in [-0.15, -0.1) is 0 Å². The molecule has 0 N–H and O–H groups in total. The predicted octanol–water partition coefficient (Wildman–Crippen LogP) is 4.02. The van der Waals surface area contributed by atoms with E-state index in [1.165, 1.54) is 6.07 Å². The molecule has 0 radical (unpaired) electrons. The molecule has 0 saturated carbocycles. The summed E-state index contributed by atoms with van der Waals surface area (Å²) in [6.07, 6.45) is 0.212. The van der Waals surface area contributed by atoms with Crippen LogP contribution in [0.2, 0.25) is 0 Å². The van der Waals surface area contributed by atoms with Gasteiger partial charge in [-0.2, -0.15) is 0 Å². The number of para-hydroxylation sites is 1. The van der Waals surface area contributed by atoms with Gasteiger partial charge in [-0.25, -0.2) is 9.59 Å². The number of piperidine rings is 1. The van der Waals surface area contributed by atoms with Crippen LogP contribution in [0.3, 0.4) is 0 Å². The van der Waals surface area contributed by atoms with E-state index in [1.807, 2.05) is 0 Å². The molecule has 1 aliphatic heterocycles. The van der Waals surface area contributed by atoms with Crippen LogP contribution in [-0.2, 0) is 20.7 Å². The van der Waals surface area contributed by atoms with Gasteiger partial charge in [0.05, 0.1) is 4.92 Å². The number of carbonyl (C=O) groups is 2. The number of ether oxygens (including phenoxy) is 2. The van der Waals surface area contributed by atoms with Crippen molar-refractivity contribution in [3.05, 3.63) is 52.1 Å². The molecule has 1 aromatic rings. The third kappa shape index (κ3) is 6.30. The standard InChI is InChI=1S/C21H28N2O6/c1-14(2)19(24)28-17-10-11-22(20(25)29-21(3,4)5)16(13-17)12-15-8-6-7-9-18(15)23(26)27/h6-9,16-17H,1,10-13H2,2-5H3. The van der Waals surface area contributed by atoms with Crippen LogP contribution < -0.4 is 0 Å². The van der Waals surface area contributed by atoms with E-state index in [0.717, 1.165) is 0 Å². The van der Waals surface area contributed by atoms with E-state index in [1.54, 1.807) is 50.8 Å². The number of likely N-dealkylation sites (tertiary alicyclic amines) is 1. The SMILES string of the molecule is C=C(C)C(=O)OC1CCN(C(=O)OC(C)(C)C)C(Cc2ccccc2[N+](=O)[O-])C1. The van der Waals surface area contributed by atoms with Crippen molar-refractivity contribution in [3.8, 4) is 0 Å². The lowest BCUT2D eigenvalue weighted by Crippen LogP contribution is -2.51. The number of benzene rings is 1. The molecule has 0 bridgehead atoms. The van der Waals surface area contributed by atoms with Gasteiger partial charge >= 0.3 is 12.1 Å². The van der Waals surface area contributed by atoms with Crippen molar-refractivity contribution in [2.75, 3.05) is 6.54 Å². The lowest BCUT2D eigenvalue weighted by atomic mass is 9.93. The lowest BCUT2D eigenvalue weighted by molar-refractivity contribution is -0.385. The van der Waals surface area contributed by atoms with Gasteiger partial charge in [0, 0.05) is 42.6 Å². The van der Waals surface area contributed by atoms with Gasteiger partial charge in [-0.05, 0) is 34.1 Å². The second-order valence-electron chi connectivity index (χ2n) is 8.25. The summed E-state index contributed by atoms with van der Waals surface area (Å²) in [6, 6.07) is 6.04. The second kappa shape index (κ2) is 9.07. The maximum absolute atomic E-state index is 12.7. The van der Waals surface area contributed by atoms with Gasteiger partial charge < -0.3 is 14.4 Å². The summed E-state index contributed by atoms with van der Waals surface area (Å²) in [7, 11) is 0. The summed E-state index contributed by atoms with van der Waals surface area (Å²) in [5, 5.41) is 11.4. The number of nitrogens with zero attached hydrogens (tertiary/aromatic N) is 2. The van der Waals surface area contributed by atoms with Crippen molar-refractivity contribution >= 4 is 17.7 Å². The fourth-order valence-corrected chi connectivity index (χ4v) is 3.24. The van der Waals surface area contributed by atoms with Crippen LogP contribution in [0.25, 0.3) is 0 Å². The number of hydrogen-bond donors (Lipinski definition) is 0. The van der Waals surface area contributed by atoms with Crippen LogP contribution >= 0.6 is 0 Å². The first-order chi connectivity index (χ1) is 13.5. The molecule has 158 valence electrons. The Kier molecular flexibility index (Phi) is 7.00. The molecule has 0 spiro atoms. The van der Waals surface area contributed by atoms with E-state index in [-0.39, 0.29) is 12.1 Å². The maximum atomic E-state index is 12.7. The molecule has 2 rings (SSSR count). The Hall–Kier alpha value is -2.90. The number of rotatable bonds is 5. The first kappa shape index (κ1) is 22.4. The Morgan fingerprint density at radius 3 is 2.55 bits per heavy atom. The summed E-state index contributed by atoms with van der Waals surface area (Å²) in [6.45, 7) is 10.8. The molecule has 2 atom stereocenters. The average molecular weight is 404 g/mol. The Balaban J connectivity index is 2.25. The summed E-state index contributed by atoms with van der Waals surface area (Å²) < 4.78 is 11.0.